The van der Waals surface area contributed by atoms with Gasteiger partial charge in [0.25, 0.3) is 0 Å². The fourth-order valence-electron chi connectivity index (χ4n) is 4.21. The first-order chi connectivity index (χ1) is 18.0. The molecule has 0 amide bonds. The van der Waals surface area contributed by atoms with E-state index in [4.69, 9.17) is 19.9 Å². The number of benzene rings is 3. The van der Waals surface area contributed by atoms with Gasteiger partial charge in [-0.3, -0.25) is 4.90 Å². The molecule has 1 aliphatic heterocycles. The van der Waals surface area contributed by atoms with E-state index in [0.29, 0.717) is 17.9 Å². The van der Waals surface area contributed by atoms with Crippen LogP contribution in [-0.2, 0) is 25.7 Å². The molecule has 1 atom stereocenters. The number of allylic oxidation sites excluding steroid dienone is 1. The second-order valence-electron chi connectivity index (χ2n) is 8.10. The average molecular weight is 496 g/mol. The Morgan fingerprint density at radius 1 is 0.892 bits per heavy atom. The van der Waals surface area contributed by atoms with Gasteiger partial charge in [-0.05, 0) is 35.4 Å². The predicted octanol–water partition coefficient (Wildman–Crippen LogP) is 4.16. The highest BCUT2D eigenvalue weighted by Gasteiger charge is 2.42. The Morgan fingerprint density at radius 2 is 1.49 bits per heavy atom. The Kier molecular flexibility index (Phi) is 7.55. The minimum absolute atomic E-state index is 0.0118. The quantitative estimate of drug-likeness (QED) is 0.486. The Labute approximate surface area is 214 Å². The van der Waals surface area contributed by atoms with Crippen LogP contribution in [-0.4, -0.2) is 26.2 Å². The van der Waals surface area contributed by atoms with Crippen molar-refractivity contribution in [1.82, 2.24) is 0 Å². The lowest BCUT2D eigenvalue weighted by Crippen LogP contribution is -2.40. The minimum Gasteiger partial charge on any atom is -0.489 e. The summed E-state index contributed by atoms with van der Waals surface area (Å²) in [6.45, 7) is 0.322. The van der Waals surface area contributed by atoms with Crippen molar-refractivity contribution in [2.75, 3.05) is 19.1 Å². The van der Waals surface area contributed by atoms with Crippen molar-refractivity contribution in [3.05, 3.63) is 119 Å². The van der Waals surface area contributed by atoms with Crippen LogP contribution >= 0.6 is 0 Å². The normalized spacial score (nSPS) is 15.2. The summed E-state index contributed by atoms with van der Waals surface area (Å²) in [6.07, 6.45) is 0. The van der Waals surface area contributed by atoms with Crippen molar-refractivity contribution in [1.29, 1.82) is 5.26 Å². The van der Waals surface area contributed by atoms with Gasteiger partial charge in [0.15, 0.2) is 0 Å². The average Bonchev–Trinajstić information content (AvgIpc) is 2.95. The third-order valence-corrected chi connectivity index (χ3v) is 5.95. The highest BCUT2D eigenvalue weighted by molar-refractivity contribution is 6.06. The molecule has 0 aromatic heterocycles. The zero-order valence-electron chi connectivity index (χ0n) is 20.4. The lowest BCUT2D eigenvalue weighted by Gasteiger charge is -2.35. The van der Waals surface area contributed by atoms with Crippen LogP contribution in [0.5, 0.6) is 5.75 Å². The number of anilines is 1. The van der Waals surface area contributed by atoms with E-state index in [-0.39, 0.29) is 22.7 Å². The molecule has 8 heteroatoms. The molecule has 3 aromatic rings. The smallest absolute Gasteiger partial charge is 0.355 e. The summed E-state index contributed by atoms with van der Waals surface area (Å²) in [5, 5.41) is 10.1. The van der Waals surface area contributed by atoms with Gasteiger partial charge < -0.3 is 19.9 Å². The molecule has 2 N–H and O–H groups in total. The molecule has 1 unspecified atom stereocenters. The molecule has 0 aliphatic carbocycles. The predicted molar refractivity (Wildman–Crippen MR) is 137 cm³/mol. The maximum Gasteiger partial charge on any atom is 0.355 e. The summed E-state index contributed by atoms with van der Waals surface area (Å²) in [5.74, 6) is -1.73. The number of methoxy groups -OCH3 is 2. The van der Waals surface area contributed by atoms with Crippen LogP contribution in [0.2, 0.25) is 0 Å². The second kappa shape index (κ2) is 11.1. The first kappa shape index (κ1) is 25.1. The Balaban J connectivity index is 1.81. The number of para-hydroxylation sites is 1. The van der Waals surface area contributed by atoms with Crippen molar-refractivity contribution in [2.45, 2.75) is 12.5 Å². The Bertz CT molecular complexity index is 1390. The van der Waals surface area contributed by atoms with Crippen LogP contribution in [0, 0.1) is 11.3 Å². The van der Waals surface area contributed by atoms with E-state index in [9.17, 15) is 14.9 Å². The number of ether oxygens (including phenoxy) is 3. The van der Waals surface area contributed by atoms with Crippen molar-refractivity contribution in [3.63, 3.8) is 0 Å². The lowest BCUT2D eigenvalue weighted by atomic mass is 9.81. The van der Waals surface area contributed by atoms with Crippen molar-refractivity contribution >= 4 is 17.6 Å². The molecule has 1 aliphatic rings. The number of nitrogens with zero attached hydrogens (tertiary/aromatic N) is 2. The zero-order chi connectivity index (χ0) is 26.4. The second-order valence-corrected chi connectivity index (χ2v) is 8.10. The molecule has 186 valence electrons. The number of nitrogens with two attached hydrogens (primary N) is 1. The summed E-state index contributed by atoms with van der Waals surface area (Å²) in [5.41, 5.74) is 8.40. The summed E-state index contributed by atoms with van der Waals surface area (Å²) in [4.78, 5) is 27.6. The topological polar surface area (TPSA) is 115 Å². The van der Waals surface area contributed by atoms with E-state index < -0.39 is 17.9 Å². The van der Waals surface area contributed by atoms with Gasteiger partial charge in [-0.1, -0.05) is 60.7 Å². The fourth-order valence-corrected chi connectivity index (χ4v) is 4.21. The number of carbonyl (C=O) groups is 2. The summed E-state index contributed by atoms with van der Waals surface area (Å²) in [6, 6.07) is 27.5. The lowest BCUT2D eigenvalue weighted by molar-refractivity contribution is -0.139. The molecule has 8 nitrogen and oxygen atoms in total. The summed E-state index contributed by atoms with van der Waals surface area (Å²) >= 11 is 0. The van der Waals surface area contributed by atoms with E-state index in [1.54, 1.807) is 36.4 Å². The van der Waals surface area contributed by atoms with E-state index in [2.05, 4.69) is 6.07 Å². The highest BCUT2D eigenvalue weighted by Crippen LogP contribution is 2.43. The summed E-state index contributed by atoms with van der Waals surface area (Å²) < 4.78 is 15.9. The minimum atomic E-state index is -0.914. The standard InChI is InChI=1S/C29H25N3O5/c1-35-28(33)25-24(20-9-5-3-6-10-20)23(17-30)27(31)32(26(25)29(34)36-2)21-15-13-19(14-16-21)18-37-22-11-7-4-8-12-22/h3-16,24H,18,31H2,1-2H3. The number of hydrogen-bond donors (Lipinski definition) is 1. The SMILES string of the molecule is COC(=O)C1=C(C(=O)OC)N(c2ccc(COc3ccccc3)cc2)C(N)=C(C#N)C1c1ccccc1. The van der Waals surface area contributed by atoms with Crippen molar-refractivity contribution in [3.8, 4) is 11.8 Å². The molecule has 0 saturated heterocycles. The first-order valence-corrected chi connectivity index (χ1v) is 11.4. The van der Waals surface area contributed by atoms with Gasteiger partial charge in [-0.15, -0.1) is 0 Å². The van der Waals surface area contributed by atoms with E-state index >= 15 is 0 Å². The fraction of sp³-hybridized carbons (Fsp3) is 0.138. The number of carbonyl (C=O) groups excluding carboxylic acids is 2. The molecule has 4 rings (SSSR count). The molecule has 0 saturated carbocycles. The number of hydrogen-bond acceptors (Lipinski definition) is 8. The van der Waals surface area contributed by atoms with Crippen molar-refractivity contribution < 1.29 is 23.8 Å². The van der Waals surface area contributed by atoms with Crippen LogP contribution in [0.4, 0.5) is 5.69 Å². The third kappa shape index (κ3) is 5.02. The first-order valence-electron chi connectivity index (χ1n) is 11.4. The zero-order valence-corrected chi connectivity index (χ0v) is 20.4. The van der Waals surface area contributed by atoms with Gasteiger partial charge in [0.05, 0.1) is 37.4 Å². The van der Waals surface area contributed by atoms with Crippen LogP contribution in [0.3, 0.4) is 0 Å². The van der Waals surface area contributed by atoms with Gasteiger partial charge in [-0.25, -0.2) is 9.59 Å². The van der Waals surface area contributed by atoms with Gasteiger partial charge in [0.2, 0.25) is 0 Å². The van der Waals surface area contributed by atoms with Gasteiger partial charge in [0, 0.05) is 5.69 Å². The molecule has 0 fully saturated rings. The molecule has 1 heterocycles. The molecule has 0 radical (unpaired) electrons. The van der Waals surface area contributed by atoms with Crippen LogP contribution < -0.4 is 15.4 Å². The molecule has 0 spiro atoms. The van der Waals surface area contributed by atoms with Crippen LogP contribution in [0.1, 0.15) is 17.0 Å². The molecule has 0 bridgehead atoms. The van der Waals surface area contributed by atoms with E-state index in [0.717, 1.165) is 11.3 Å². The van der Waals surface area contributed by atoms with Gasteiger partial charge >= 0.3 is 11.9 Å². The number of rotatable bonds is 7. The number of nitriles is 1. The molecular weight excluding hydrogens is 470 g/mol. The third-order valence-electron chi connectivity index (χ3n) is 5.95. The van der Waals surface area contributed by atoms with Gasteiger partial charge in [-0.2, -0.15) is 5.26 Å². The Hall–Kier alpha value is -5.03. The molecular formula is C29H25N3O5. The molecule has 37 heavy (non-hydrogen) atoms. The van der Waals surface area contributed by atoms with E-state index in [1.807, 2.05) is 48.5 Å². The summed E-state index contributed by atoms with van der Waals surface area (Å²) in [7, 11) is 2.43. The van der Waals surface area contributed by atoms with Crippen LogP contribution in [0.25, 0.3) is 0 Å². The maximum absolute atomic E-state index is 13.1. The van der Waals surface area contributed by atoms with Crippen LogP contribution in [0.15, 0.2) is 108 Å². The largest absolute Gasteiger partial charge is 0.489 e. The number of esters is 2. The van der Waals surface area contributed by atoms with Gasteiger partial charge in [0.1, 0.15) is 23.9 Å². The monoisotopic (exact) mass is 495 g/mol. The van der Waals surface area contributed by atoms with E-state index in [1.165, 1.54) is 19.1 Å². The van der Waals surface area contributed by atoms with Crippen molar-refractivity contribution in [2.24, 2.45) is 5.73 Å². The molecule has 3 aromatic carbocycles. The Morgan fingerprint density at radius 3 is 2.05 bits per heavy atom. The maximum atomic E-state index is 13.1. The highest BCUT2D eigenvalue weighted by atomic mass is 16.5.